The molecular weight excluding hydrogens is 440 g/mol. The fourth-order valence-electron chi connectivity index (χ4n) is 5.73. The Balaban J connectivity index is 1.50. The number of piperidine rings is 3. The SMILES string of the molecule is Cc1[nH]c(C)c(S(=O)(=O)N2CCC(C(=O)N3CCCCC3C)CC2)c1C(=O)N1CCCCC1. The van der Waals surface area contributed by atoms with Gasteiger partial charge in [0.05, 0.1) is 5.56 Å². The van der Waals surface area contributed by atoms with Crippen molar-refractivity contribution in [1.29, 1.82) is 0 Å². The number of rotatable bonds is 4. The van der Waals surface area contributed by atoms with Crippen LogP contribution in [-0.4, -0.2) is 78.1 Å². The van der Waals surface area contributed by atoms with Gasteiger partial charge >= 0.3 is 0 Å². The first-order valence-corrected chi connectivity index (χ1v) is 13.9. The molecule has 184 valence electrons. The maximum absolute atomic E-state index is 13.7. The molecule has 3 aliphatic rings. The van der Waals surface area contributed by atoms with E-state index in [1.54, 1.807) is 18.7 Å². The lowest BCUT2D eigenvalue weighted by Crippen LogP contribution is -2.48. The number of nitrogens with zero attached hydrogens (tertiary/aromatic N) is 3. The number of likely N-dealkylation sites (tertiary alicyclic amines) is 2. The van der Waals surface area contributed by atoms with Crippen LogP contribution < -0.4 is 0 Å². The summed E-state index contributed by atoms with van der Waals surface area (Å²) in [6.07, 6.45) is 7.31. The van der Waals surface area contributed by atoms with Crippen LogP contribution in [0, 0.1) is 19.8 Å². The second-order valence-electron chi connectivity index (χ2n) is 9.99. The third-order valence-electron chi connectivity index (χ3n) is 7.66. The Labute approximate surface area is 197 Å². The Bertz CT molecular complexity index is 988. The number of aromatic nitrogens is 1. The highest BCUT2D eigenvalue weighted by atomic mass is 32.2. The number of hydrogen-bond acceptors (Lipinski definition) is 4. The van der Waals surface area contributed by atoms with Gasteiger partial charge in [0.25, 0.3) is 5.91 Å². The third kappa shape index (κ3) is 4.71. The fraction of sp³-hybridized carbons (Fsp3) is 0.750. The van der Waals surface area contributed by atoms with Crippen LogP contribution in [0.15, 0.2) is 4.90 Å². The predicted octanol–water partition coefficient (Wildman–Crippen LogP) is 3.06. The average molecular weight is 479 g/mol. The van der Waals surface area contributed by atoms with Gasteiger partial charge in [-0.05, 0) is 72.1 Å². The third-order valence-corrected chi connectivity index (χ3v) is 9.73. The summed E-state index contributed by atoms with van der Waals surface area (Å²) in [6.45, 7) is 8.37. The van der Waals surface area contributed by atoms with Crippen LogP contribution in [0.5, 0.6) is 0 Å². The lowest BCUT2D eigenvalue weighted by molar-refractivity contribution is -0.140. The van der Waals surface area contributed by atoms with Crippen molar-refractivity contribution in [2.75, 3.05) is 32.7 Å². The molecule has 0 bridgehead atoms. The summed E-state index contributed by atoms with van der Waals surface area (Å²) in [7, 11) is -3.84. The molecule has 9 heteroatoms. The monoisotopic (exact) mass is 478 g/mol. The minimum atomic E-state index is -3.84. The minimum absolute atomic E-state index is 0.116. The van der Waals surface area contributed by atoms with Crippen LogP contribution in [0.25, 0.3) is 0 Å². The second-order valence-corrected chi connectivity index (χ2v) is 11.9. The molecule has 0 spiro atoms. The largest absolute Gasteiger partial charge is 0.361 e. The maximum atomic E-state index is 13.7. The molecule has 0 radical (unpaired) electrons. The molecular formula is C24H38N4O4S. The number of aryl methyl sites for hydroxylation is 2. The molecule has 1 aromatic rings. The number of aromatic amines is 1. The molecule has 0 aliphatic carbocycles. The van der Waals surface area contributed by atoms with Crippen molar-refractivity contribution >= 4 is 21.8 Å². The van der Waals surface area contributed by atoms with E-state index in [2.05, 4.69) is 11.9 Å². The van der Waals surface area contributed by atoms with E-state index in [-0.39, 0.29) is 34.2 Å². The van der Waals surface area contributed by atoms with Crippen molar-refractivity contribution in [3.05, 3.63) is 17.0 Å². The van der Waals surface area contributed by atoms with Gasteiger partial charge in [0.2, 0.25) is 15.9 Å². The summed E-state index contributed by atoms with van der Waals surface area (Å²) in [5.41, 5.74) is 1.40. The highest BCUT2D eigenvalue weighted by molar-refractivity contribution is 7.89. The molecule has 3 fully saturated rings. The summed E-state index contributed by atoms with van der Waals surface area (Å²) in [4.78, 5) is 33.4. The van der Waals surface area contributed by atoms with Gasteiger partial charge in [0, 0.05) is 56.1 Å². The van der Waals surface area contributed by atoms with Crippen molar-refractivity contribution in [2.24, 2.45) is 5.92 Å². The van der Waals surface area contributed by atoms with Crippen molar-refractivity contribution in [2.45, 2.75) is 83.1 Å². The molecule has 1 atom stereocenters. The van der Waals surface area contributed by atoms with Crippen LogP contribution in [-0.2, 0) is 14.8 Å². The number of carbonyl (C=O) groups excluding carboxylic acids is 2. The summed E-state index contributed by atoms with van der Waals surface area (Å²) < 4.78 is 28.9. The fourth-order valence-corrected chi connectivity index (χ4v) is 7.61. The Kier molecular flexibility index (Phi) is 7.19. The minimum Gasteiger partial charge on any atom is -0.361 e. The van der Waals surface area contributed by atoms with Crippen molar-refractivity contribution in [3.63, 3.8) is 0 Å². The van der Waals surface area contributed by atoms with Gasteiger partial charge in [-0.25, -0.2) is 8.42 Å². The summed E-state index contributed by atoms with van der Waals surface area (Å²) in [5, 5.41) is 0. The highest BCUT2D eigenvalue weighted by Gasteiger charge is 2.39. The number of carbonyl (C=O) groups is 2. The standard InChI is InChI=1S/C24H38N4O4S/c1-17-9-5-8-14-28(17)23(29)20-10-15-27(16-11-20)33(31,32)22-19(3)25-18(2)21(22)24(30)26-12-6-4-7-13-26/h17,20,25H,4-16H2,1-3H3. The molecule has 4 rings (SSSR count). The Hall–Kier alpha value is -1.87. The number of hydrogen-bond donors (Lipinski definition) is 1. The Morgan fingerprint density at radius 3 is 2.12 bits per heavy atom. The zero-order valence-corrected chi connectivity index (χ0v) is 21.0. The topological polar surface area (TPSA) is 93.8 Å². The lowest BCUT2D eigenvalue weighted by atomic mass is 9.94. The van der Waals surface area contributed by atoms with Crippen molar-refractivity contribution in [3.8, 4) is 0 Å². The van der Waals surface area contributed by atoms with Gasteiger partial charge in [0.1, 0.15) is 4.90 Å². The smallest absolute Gasteiger partial charge is 0.257 e. The zero-order valence-electron chi connectivity index (χ0n) is 20.2. The lowest BCUT2D eigenvalue weighted by Gasteiger charge is -2.38. The molecule has 8 nitrogen and oxygen atoms in total. The normalized spacial score (nSPS) is 23.7. The Morgan fingerprint density at radius 2 is 1.48 bits per heavy atom. The van der Waals surface area contributed by atoms with E-state index < -0.39 is 10.0 Å². The van der Waals surface area contributed by atoms with Crippen LogP contribution >= 0.6 is 0 Å². The molecule has 3 saturated heterocycles. The van der Waals surface area contributed by atoms with Gasteiger partial charge in [0.15, 0.2) is 0 Å². The van der Waals surface area contributed by atoms with Crippen LogP contribution in [0.2, 0.25) is 0 Å². The quantitative estimate of drug-likeness (QED) is 0.720. The number of nitrogens with one attached hydrogen (secondary N) is 1. The molecule has 1 unspecified atom stereocenters. The number of H-pyrrole nitrogens is 1. The van der Waals surface area contributed by atoms with Crippen LogP contribution in [0.1, 0.15) is 80.0 Å². The molecule has 4 heterocycles. The molecule has 1 aromatic heterocycles. The first-order chi connectivity index (χ1) is 15.7. The van der Waals surface area contributed by atoms with Gasteiger partial charge in [-0.2, -0.15) is 4.31 Å². The van der Waals surface area contributed by atoms with E-state index in [4.69, 9.17) is 0 Å². The van der Waals surface area contributed by atoms with E-state index in [0.29, 0.717) is 50.4 Å². The zero-order chi connectivity index (χ0) is 23.8. The van der Waals surface area contributed by atoms with E-state index in [1.807, 2.05) is 4.90 Å². The first kappa shape index (κ1) is 24.3. The van der Waals surface area contributed by atoms with Gasteiger partial charge in [-0.1, -0.05) is 0 Å². The van der Waals surface area contributed by atoms with Crippen molar-refractivity contribution in [1.82, 2.24) is 19.1 Å². The van der Waals surface area contributed by atoms with E-state index in [1.165, 1.54) is 4.31 Å². The number of sulfonamides is 1. The summed E-state index contributed by atoms with van der Waals surface area (Å²) in [6, 6.07) is 0.266. The predicted molar refractivity (Wildman–Crippen MR) is 127 cm³/mol. The highest BCUT2D eigenvalue weighted by Crippen LogP contribution is 2.32. The van der Waals surface area contributed by atoms with Crippen LogP contribution in [0.4, 0.5) is 0 Å². The molecule has 0 aromatic carbocycles. The Morgan fingerprint density at radius 1 is 0.848 bits per heavy atom. The number of amides is 2. The van der Waals surface area contributed by atoms with E-state index in [0.717, 1.165) is 45.1 Å². The average Bonchev–Trinajstić information content (AvgIpc) is 3.13. The van der Waals surface area contributed by atoms with E-state index in [9.17, 15) is 18.0 Å². The van der Waals surface area contributed by atoms with Gasteiger partial charge < -0.3 is 14.8 Å². The molecule has 1 N–H and O–H groups in total. The van der Waals surface area contributed by atoms with Crippen molar-refractivity contribution < 1.29 is 18.0 Å². The van der Waals surface area contributed by atoms with E-state index >= 15 is 0 Å². The molecule has 3 aliphatic heterocycles. The second kappa shape index (κ2) is 9.78. The van der Waals surface area contributed by atoms with Gasteiger partial charge in [-0.15, -0.1) is 0 Å². The molecule has 0 saturated carbocycles. The first-order valence-electron chi connectivity index (χ1n) is 12.5. The summed E-state index contributed by atoms with van der Waals surface area (Å²) in [5.74, 6) is -0.145. The van der Waals surface area contributed by atoms with Gasteiger partial charge in [-0.3, -0.25) is 9.59 Å². The maximum Gasteiger partial charge on any atom is 0.257 e. The van der Waals surface area contributed by atoms with Crippen LogP contribution in [0.3, 0.4) is 0 Å². The summed E-state index contributed by atoms with van der Waals surface area (Å²) >= 11 is 0. The molecule has 2 amide bonds. The molecule has 33 heavy (non-hydrogen) atoms.